The summed E-state index contributed by atoms with van der Waals surface area (Å²) in [5.74, 6) is -0.261. The van der Waals surface area contributed by atoms with Crippen molar-refractivity contribution in [3.05, 3.63) is 65.0 Å². The lowest BCUT2D eigenvalue weighted by Gasteiger charge is -2.23. The van der Waals surface area contributed by atoms with Gasteiger partial charge in [0.25, 0.3) is 5.91 Å². The van der Waals surface area contributed by atoms with Crippen LogP contribution in [0.15, 0.2) is 42.5 Å². The van der Waals surface area contributed by atoms with Crippen LogP contribution in [0.2, 0.25) is 0 Å². The van der Waals surface area contributed by atoms with Gasteiger partial charge in [0.15, 0.2) is 0 Å². The standard InChI is InChI=1S/C21H22FN3O2/c1-27-20-8-7-18(22)13-19(20)21(26)25-10-2-9-24(11-12-25)15-17-5-3-16(14-23)4-6-17/h3-8,13H,2,9-12,15H2,1H3. The van der Waals surface area contributed by atoms with E-state index in [0.29, 0.717) is 24.4 Å². The van der Waals surface area contributed by atoms with Gasteiger partial charge in [-0.25, -0.2) is 4.39 Å². The van der Waals surface area contributed by atoms with E-state index < -0.39 is 5.82 Å². The van der Waals surface area contributed by atoms with Crippen LogP contribution in [0.5, 0.6) is 5.75 Å². The van der Waals surface area contributed by atoms with Crippen LogP contribution < -0.4 is 4.74 Å². The van der Waals surface area contributed by atoms with E-state index in [4.69, 9.17) is 10.00 Å². The molecule has 0 atom stereocenters. The zero-order valence-electron chi connectivity index (χ0n) is 15.3. The van der Waals surface area contributed by atoms with E-state index in [2.05, 4.69) is 11.0 Å². The molecule has 0 spiro atoms. The lowest BCUT2D eigenvalue weighted by molar-refractivity contribution is 0.0757. The molecule has 0 aromatic heterocycles. The summed E-state index contributed by atoms with van der Waals surface area (Å²) < 4.78 is 18.8. The second kappa shape index (κ2) is 8.65. The third kappa shape index (κ3) is 4.63. The number of carbonyl (C=O) groups excluding carboxylic acids is 1. The predicted molar refractivity (Wildman–Crippen MR) is 99.9 cm³/mol. The van der Waals surface area contributed by atoms with Crippen molar-refractivity contribution < 1.29 is 13.9 Å². The van der Waals surface area contributed by atoms with Gasteiger partial charge in [0.05, 0.1) is 24.3 Å². The molecule has 1 saturated heterocycles. The molecule has 1 heterocycles. The number of hydrogen-bond donors (Lipinski definition) is 0. The Balaban J connectivity index is 1.65. The molecule has 2 aromatic rings. The minimum Gasteiger partial charge on any atom is -0.496 e. The lowest BCUT2D eigenvalue weighted by Crippen LogP contribution is -2.35. The average molecular weight is 367 g/mol. The maximum absolute atomic E-state index is 13.6. The monoisotopic (exact) mass is 367 g/mol. The molecule has 3 rings (SSSR count). The molecule has 2 aromatic carbocycles. The van der Waals surface area contributed by atoms with Gasteiger partial charge in [0.1, 0.15) is 11.6 Å². The van der Waals surface area contributed by atoms with Crippen molar-refractivity contribution in [3.63, 3.8) is 0 Å². The summed E-state index contributed by atoms with van der Waals surface area (Å²) in [6.45, 7) is 3.60. The molecule has 5 nitrogen and oxygen atoms in total. The van der Waals surface area contributed by atoms with Crippen molar-refractivity contribution in [2.45, 2.75) is 13.0 Å². The maximum atomic E-state index is 13.6. The summed E-state index contributed by atoms with van der Waals surface area (Å²) in [5, 5.41) is 8.89. The van der Waals surface area contributed by atoms with Gasteiger partial charge in [-0.3, -0.25) is 9.69 Å². The molecule has 0 saturated carbocycles. The number of ether oxygens (including phenoxy) is 1. The average Bonchev–Trinajstić information content (AvgIpc) is 2.93. The minimum atomic E-state index is -0.448. The molecule has 27 heavy (non-hydrogen) atoms. The first-order valence-corrected chi connectivity index (χ1v) is 8.95. The van der Waals surface area contributed by atoms with Gasteiger partial charge in [-0.1, -0.05) is 12.1 Å². The number of amides is 1. The molecule has 0 aliphatic carbocycles. The highest BCUT2D eigenvalue weighted by atomic mass is 19.1. The summed E-state index contributed by atoms with van der Waals surface area (Å²) in [6.07, 6.45) is 0.847. The Morgan fingerprint density at radius 3 is 2.63 bits per heavy atom. The molecule has 0 bridgehead atoms. The Hall–Kier alpha value is -2.91. The van der Waals surface area contributed by atoms with Crippen molar-refractivity contribution in [1.82, 2.24) is 9.80 Å². The summed E-state index contributed by atoms with van der Waals surface area (Å²) in [4.78, 5) is 16.9. The fraction of sp³-hybridized carbons (Fsp3) is 0.333. The third-order valence-corrected chi connectivity index (χ3v) is 4.76. The van der Waals surface area contributed by atoms with Crippen LogP contribution in [0.25, 0.3) is 0 Å². The summed E-state index contributed by atoms with van der Waals surface area (Å²) in [5.41, 5.74) is 2.05. The molecule has 1 aliphatic heterocycles. The van der Waals surface area contributed by atoms with E-state index in [0.717, 1.165) is 31.6 Å². The minimum absolute atomic E-state index is 0.202. The number of benzene rings is 2. The molecule has 140 valence electrons. The number of rotatable bonds is 4. The Morgan fingerprint density at radius 2 is 1.93 bits per heavy atom. The van der Waals surface area contributed by atoms with E-state index >= 15 is 0 Å². The van der Waals surface area contributed by atoms with Crippen LogP contribution in [0, 0.1) is 17.1 Å². The van der Waals surface area contributed by atoms with Crippen molar-refractivity contribution in [1.29, 1.82) is 5.26 Å². The van der Waals surface area contributed by atoms with E-state index in [-0.39, 0.29) is 11.5 Å². The Bertz CT molecular complexity index is 845. The summed E-state index contributed by atoms with van der Waals surface area (Å²) in [6, 6.07) is 13.7. The van der Waals surface area contributed by atoms with Crippen LogP contribution in [0.1, 0.15) is 27.9 Å². The first-order chi connectivity index (χ1) is 13.1. The quantitative estimate of drug-likeness (QED) is 0.833. The number of nitriles is 1. The zero-order chi connectivity index (χ0) is 19.2. The van der Waals surface area contributed by atoms with Crippen molar-refractivity contribution >= 4 is 5.91 Å². The lowest BCUT2D eigenvalue weighted by atomic mass is 10.1. The molecule has 1 fully saturated rings. The number of nitrogens with zero attached hydrogens (tertiary/aromatic N) is 3. The first-order valence-electron chi connectivity index (χ1n) is 8.95. The normalized spacial score (nSPS) is 15.1. The molecule has 0 unspecified atom stereocenters. The summed E-state index contributed by atoms with van der Waals surface area (Å²) in [7, 11) is 1.48. The Kier molecular flexibility index (Phi) is 6.05. The van der Waals surface area contributed by atoms with Gasteiger partial charge in [-0.15, -0.1) is 0 Å². The fourth-order valence-corrected chi connectivity index (χ4v) is 3.29. The molecule has 1 aliphatic rings. The maximum Gasteiger partial charge on any atom is 0.257 e. The van der Waals surface area contributed by atoms with Crippen LogP contribution in [-0.2, 0) is 6.54 Å². The van der Waals surface area contributed by atoms with E-state index in [9.17, 15) is 9.18 Å². The second-order valence-corrected chi connectivity index (χ2v) is 6.58. The van der Waals surface area contributed by atoms with E-state index in [1.54, 1.807) is 4.90 Å². The smallest absolute Gasteiger partial charge is 0.257 e. The molecular weight excluding hydrogens is 345 g/mol. The van der Waals surface area contributed by atoms with Crippen LogP contribution >= 0.6 is 0 Å². The summed E-state index contributed by atoms with van der Waals surface area (Å²) >= 11 is 0. The van der Waals surface area contributed by atoms with Crippen LogP contribution in [-0.4, -0.2) is 49.0 Å². The SMILES string of the molecule is COc1ccc(F)cc1C(=O)N1CCCN(Cc2ccc(C#N)cc2)CC1. The largest absolute Gasteiger partial charge is 0.496 e. The molecule has 0 N–H and O–H groups in total. The predicted octanol–water partition coefficient (Wildman–Crippen LogP) is 3.05. The third-order valence-electron chi connectivity index (χ3n) is 4.76. The van der Waals surface area contributed by atoms with E-state index in [1.807, 2.05) is 24.3 Å². The molecular formula is C21H22FN3O2. The number of halogens is 1. The molecule has 1 amide bonds. The van der Waals surface area contributed by atoms with Gasteiger partial charge in [0.2, 0.25) is 0 Å². The van der Waals surface area contributed by atoms with Crippen molar-refractivity contribution in [2.75, 3.05) is 33.3 Å². The van der Waals surface area contributed by atoms with Crippen LogP contribution in [0.3, 0.4) is 0 Å². The number of carbonyl (C=O) groups is 1. The number of hydrogen-bond acceptors (Lipinski definition) is 4. The van der Waals surface area contributed by atoms with Crippen molar-refractivity contribution in [3.8, 4) is 11.8 Å². The number of methoxy groups -OCH3 is 1. The van der Waals surface area contributed by atoms with Gasteiger partial charge in [0, 0.05) is 32.7 Å². The van der Waals surface area contributed by atoms with Crippen LogP contribution in [0.4, 0.5) is 4.39 Å². The van der Waals surface area contributed by atoms with Crippen molar-refractivity contribution in [2.24, 2.45) is 0 Å². The zero-order valence-corrected chi connectivity index (χ0v) is 15.3. The molecule has 0 radical (unpaired) electrons. The van der Waals surface area contributed by atoms with Gasteiger partial charge in [-0.05, 0) is 42.3 Å². The Labute approximate surface area is 158 Å². The van der Waals surface area contributed by atoms with Gasteiger partial charge >= 0.3 is 0 Å². The second-order valence-electron chi connectivity index (χ2n) is 6.58. The molecule has 6 heteroatoms. The Morgan fingerprint density at radius 1 is 1.15 bits per heavy atom. The first kappa shape index (κ1) is 18.9. The highest BCUT2D eigenvalue weighted by Gasteiger charge is 2.23. The van der Waals surface area contributed by atoms with Gasteiger partial charge < -0.3 is 9.64 Å². The van der Waals surface area contributed by atoms with Gasteiger partial charge in [-0.2, -0.15) is 5.26 Å². The highest BCUT2D eigenvalue weighted by molar-refractivity contribution is 5.97. The highest BCUT2D eigenvalue weighted by Crippen LogP contribution is 2.22. The topological polar surface area (TPSA) is 56.6 Å². The fourth-order valence-electron chi connectivity index (χ4n) is 3.29. The van der Waals surface area contributed by atoms with E-state index in [1.165, 1.54) is 25.3 Å².